The topological polar surface area (TPSA) is 19.1 Å². The summed E-state index contributed by atoms with van der Waals surface area (Å²) in [6, 6.07) is 68.8. The summed E-state index contributed by atoms with van der Waals surface area (Å²) in [5.41, 5.74) is 7.15. The highest BCUT2D eigenvalue weighted by Gasteiger charge is 2.41. The second-order valence-electron chi connectivity index (χ2n) is 14.0. The van der Waals surface area contributed by atoms with E-state index < -0.39 is 8.32 Å². The third kappa shape index (κ3) is 4.50. The Kier molecular flexibility index (Phi) is 7.04. The molecule has 0 unspecified atom stereocenters. The monoisotopic (exact) mass is 726 g/mol. The van der Waals surface area contributed by atoms with Crippen LogP contribution in [0.4, 0.5) is 0 Å². The van der Waals surface area contributed by atoms with Crippen LogP contribution in [0.5, 0.6) is 0 Å². The molecule has 3 nitrogen and oxygen atoms in total. The van der Waals surface area contributed by atoms with Crippen LogP contribution < -0.4 is 15.6 Å². The molecule has 0 spiro atoms. The fourth-order valence-corrected chi connectivity index (χ4v) is 13.7. The summed E-state index contributed by atoms with van der Waals surface area (Å²) in [7, 11) is -0.896. The van der Waals surface area contributed by atoms with E-state index in [1.54, 1.807) is 0 Å². The minimum absolute atomic E-state index is 1.16. The third-order valence-electron chi connectivity index (χ3n) is 11.3. The molecule has 3 aromatic heterocycles. The molecule has 0 atom stereocenters. The third-order valence-corrected chi connectivity index (χ3v) is 16.5. The van der Waals surface area contributed by atoms with Crippen molar-refractivity contribution in [2.24, 2.45) is 0 Å². The molecule has 0 aliphatic carbocycles. The quantitative estimate of drug-likeness (QED) is 0.123. The molecule has 11 rings (SSSR count). The highest BCUT2D eigenvalue weighted by atomic mass is 32.1. The van der Waals surface area contributed by atoms with E-state index in [2.05, 4.69) is 197 Å². The maximum Gasteiger partial charge on any atom is 0.288 e. The van der Waals surface area contributed by atoms with E-state index in [1.807, 2.05) is 18.4 Å². The van der Waals surface area contributed by atoms with Gasteiger partial charge in [-0.3, -0.25) is 0 Å². The predicted octanol–water partition coefficient (Wildman–Crippen LogP) is 10.9. The van der Waals surface area contributed by atoms with Crippen LogP contribution in [0.2, 0.25) is 0 Å². The van der Waals surface area contributed by atoms with Gasteiger partial charge in [-0.1, -0.05) is 127 Å². The van der Waals surface area contributed by atoms with Crippen molar-refractivity contribution < 1.29 is 4.43 Å². The van der Waals surface area contributed by atoms with Gasteiger partial charge in [0.2, 0.25) is 0 Å². The summed E-state index contributed by atoms with van der Waals surface area (Å²) in [5, 5.41) is 11.3. The molecule has 8 aromatic carbocycles. The Morgan fingerprint density at radius 1 is 0.370 bits per heavy atom. The number of benzene rings is 8. The first kappa shape index (κ1) is 31.3. The van der Waals surface area contributed by atoms with Gasteiger partial charge in [0.05, 0.1) is 22.1 Å². The van der Waals surface area contributed by atoms with Crippen LogP contribution in [0.15, 0.2) is 188 Å². The van der Waals surface area contributed by atoms with Crippen molar-refractivity contribution in [1.29, 1.82) is 0 Å². The molecule has 0 amide bonds. The lowest BCUT2D eigenvalue weighted by molar-refractivity contribution is 0.426. The first-order chi connectivity index (χ1) is 26.7. The van der Waals surface area contributed by atoms with E-state index in [0.717, 1.165) is 11.4 Å². The zero-order valence-corrected chi connectivity index (χ0v) is 31.4. The molecule has 3 heterocycles. The van der Waals surface area contributed by atoms with Crippen LogP contribution in [0.25, 0.3) is 75.2 Å². The molecule has 0 N–H and O–H groups in total. The second-order valence-corrected chi connectivity index (χ2v) is 18.6. The van der Waals surface area contributed by atoms with Gasteiger partial charge in [-0.2, -0.15) is 0 Å². The van der Waals surface area contributed by atoms with Gasteiger partial charge < -0.3 is 13.6 Å². The summed E-state index contributed by atoms with van der Waals surface area (Å²) in [6.07, 6.45) is 0. The Morgan fingerprint density at radius 3 is 1.35 bits per heavy atom. The van der Waals surface area contributed by atoms with Crippen molar-refractivity contribution in [1.82, 2.24) is 9.13 Å². The summed E-state index contributed by atoms with van der Waals surface area (Å²) >= 11 is 1.86. The highest BCUT2D eigenvalue weighted by molar-refractivity contribution is 7.26. The Balaban J connectivity index is 1.12. The van der Waals surface area contributed by atoms with Crippen molar-refractivity contribution in [2.75, 3.05) is 7.11 Å². The Bertz CT molecular complexity index is 3120. The second kappa shape index (κ2) is 12.2. The number of fused-ring (bicyclic) bond motifs is 9. The van der Waals surface area contributed by atoms with Gasteiger partial charge in [0.25, 0.3) is 8.32 Å². The highest BCUT2D eigenvalue weighted by Crippen LogP contribution is 2.39. The maximum atomic E-state index is 6.73. The van der Waals surface area contributed by atoms with Gasteiger partial charge in [0.1, 0.15) is 0 Å². The van der Waals surface area contributed by atoms with Gasteiger partial charge in [-0.05, 0) is 76.2 Å². The van der Waals surface area contributed by atoms with Crippen molar-refractivity contribution in [3.05, 3.63) is 188 Å². The number of nitrogens with zero attached hydrogens (tertiary/aromatic N) is 2. The van der Waals surface area contributed by atoms with Gasteiger partial charge in [-0.25, -0.2) is 0 Å². The predicted molar refractivity (Wildman–Crippen MR) is 233 cm³/mol. The number of hydrogen-bond donors (Lipinski definition) is 0. The molecule has 54 heavy (non-hydrogen) atoms. The molecule has 0 bridgehead atoms. The van der Waals surface area contributed by atoms with Gasteiger partial charge in [-0.15, -0.1) is 11.3 Å². The van der Waals surface area contributed by atoms with Crippen LogP contribution in [0, 0.1) is 0 Å². The van der Waals surface area contributed by atoms with Crippen LogP contribution >= 0.6 is 11.3 Å². The van der Waals surface area contributed by atoms with Crippen molar-refractivity contribution in [2.45, 2.75) is 0 Å². The average Bonchev–Trinajstić information content (AvgIpc) is 3.89. The van der Waals surface area contributed by atoms with E-state index in [0.29, 0.717) is 0 Å². The summed E-state index contributed by atoms with van der Waals surface area (Å²) in [4.78, 5) is 0. The normalized spacial score (nSPS) is 12.2. The van der Waals surface area contributed by atoms with Gasteiger partial charge in [0.15, 0.2) is 0 Å². The van der Waals surface area contributed by atoms with Crippen LogP contribution in [-0.2, 0) is 4.43 Å². The molecular formula is C49H34N2OSSi. The molecule has 5 heteroatoms. The first-order valence-corrected chi connectivity index (χ1v) is 21.1. The zero-order chi connectivity index (χ0) is 35.8. The first-order valence-electron chi connectivity index (χ1n) is 18.4. The van der Waals surface area contributed by atoms with E-state index >= 15 is 0 Å². The molecular weight excluding hydrogens is 693 g/mol. The van der Waals surface area contributed by atoms with E-state index in [9.17, 15) is 0 Å². The van der Waals surface area contributed by atoms with Gasteiger partial charge in [0, 0.05) is 60.2 Å². The SMILES string of the molecule is CO[Si](c1ccccc1)(c1ccccc1)c1ccc2sc3ccc(-n4c5ccccc5c5cc(-n6c7ccccc7c7ccccc76)ccc54)cc3c2c1. The van der Waals surface area contributed by atoms with Crippen LogP contribution in [0.3, 0.4) is 0 Å². The standard InChI is InChI=1S/C49H34N2OSSi/c1-52-54(35-14-4-2-5-15-35,36-16-6-3-7-17-36)37-26-29-49-43(32-37)42-31-34(25-28-48(42)53-49)51-46-23-13-10-20-40(46)41-30-33(24-27-47(41)51)50-44-21-11-8-18-38(44)39-19-9-12-22-45(39)50/h2-32H,1H3. The fourth-order valence-electron chi connectivity index (χ4n) is 8.90. The van der Waals surface area contributed by atoms with Crippen molar-refractivity contribution in [3.8, 4) is 11.4 Å². The molecule has 0 radical (unpaired) electrons. The minimum atomic E-state index is -2.78. The molecule has 0 aliphatic heterocycles. The Labute approximate surface area is 317 Å². The van der Waals surface area contributed by atoms with Crippen molar-refractivity contribution in [3.63, 3.8) is 0 Å². The fraction of sp³-hybridized carbons (Fsp3) is 0.0204. The zero-order valence-electron chi connectivity index (χ0n) is 29.6. The number of aromatic nitrogens is 2. The molecule has 0 saturated heterocycles. The summed E-state index contributed by atoms with van der Waals surface area (Å²) in [5.74, 6) is 0. The van der Waals surface area contributed by atoms with E-state index in [-0.39, 0.29) is 0 Å². The van der Waals surface area contributed by atoms with E-state index in [4.69, 9.17) is 4.43 Å². The number of para-hydroxylation sites is 3. The summed E-state index contributed by atoms with van der Waals surface area (Å²) < 4.78 is 14.1. The minimum Gasteiger partial charge on any atom is -0.408 e. The lowest BCUT2D eigenvalue weighted by Gasteiger charge is -2.31. The Morgan fingerprint density at radius 2 is 0.796 bits per heavy atom. The molecule has 0 fully saturated rings. The lowest BCUT2D eigenvalue weighted by Crippen LogP contribution is -2.68. The Hall–Kier alpha value is -6.24. The molecule has 0 aliphatic rings. The average molecular weight is 727 g/mol. The number of hydrogen-bond acceptors (Lipinski definition) is 2. The molecule has 256 valence electrons. The largest absolute Gasteiger partial charge is 0.408 e. The maximum absolute atomic E-state index is 6.73. The van der Waals surface area contributed by atoms with Gasteiger partial charge >= 0.3 is 0 Å². The molecule has 0 saturated carbocycles. The smallest absolute Gasteiger partial charge is 0.288 e. The molecule has 11 aromatic rings. The lowest BCUT2D eigenvalue weighted by atomic mass is 10.1. The number of thiophene rings is 1. The van der Waals surface area contributed by atoms with Crippen LogP contribution in [0.1, 0.15) is 0 Å². The summed E-state index contributed by atoms with van der Waals surface area (Å²) in [6.45, 7) is 0. The van der Waals surface area contributed by atoms with Crippen molar-refractivity contribution >= 4 is 99.0 Å². The van der Waals surface area contributed by atoms with Crippen LogP contribution in [-0.4, -0.2) is 24.6 Å². The van der Waals surface area contributed by atoms with E-state index in [1.165, 1.54) is 79.3 Å². The number of rotatable bonds is 6.